The molecule has 0 heterocycles. The van der Waals surface area contributed by atoms with Crippen molar-refractivity contribution >= 4 is 22.1 Å². The second-order valence-electron chi connectivity index (χ2n) is 4.43. The number of carbonyl (C=O) groups is 1. The van der Waals surface area contributed by atoms with Crippen LogP contribution in [0.25, 0.3) is 0 Å². The molecule has 0 aliphatic rings. The highest BCUT2D eigenvalue weighted by Gasteiger charge is 2.02. The number of hydrogen-bond acceptors (Lipinski definition) is 3. The highest BCUT2D eigenvalue weighted by atomic mass is 79.9. The van der Waals surface area contributed by atoms with Gasteiger partial charge in [-0.05, 0) is 51.4 Å². The van der Waals surface area contributed by atoms with Gasteiger partial charge in [0.2, 0.25) is 0 Å². The van der Waals surface area contributed by atoms with Crippen LogP contribution in [0, 0.1) is 0 Å². The Morgan fingerprint density at radius 1 is 0.947 bits per heavy atom. The molecule has 3 nitrogen and oxygen atoms in total. The molecule has 0 rings (SSSR count). The van der Waals surface area contributed by atoms with Crippen molar-refractivity contribution in [3.05, 3.63) is 12.2 Å². The van der Waals surface area contributed by atoms with E-state index in [2.05, 4.69) is 35.0 Å². The van der Waals surface area contributed by atoms with Crippen molar-refractivity contribution in [2.45, 2.75) is 58.3 Å². The summed E-state index contributed by atoms with van der Waals surface area (Å²) >= 11 is 3.36. The second-order valence-corrected chi connectivity index (χ2v) is 5.22. The van der Waals surface area contributed by atoms with Gasteiger partial charge in [-0.15, -0.1) is 0 Å². The number of unbranched alkanes of at least 4 members (excludes halogenated alkanes) is 5. The highest BCUT2D eigenvalue weighted by Crippen LogP contribution is 2.03. The number of alkyl halides is 1. The molecular formula is C15H27BrO3. The van der Waals surface area contributed by atoms with E-state index in [9.17, 15) is 4.79 Å². The lowest BCUT2D eigenvalue weighted by Gasteiger charge is -2.05. The molecule has 0 N–H and O–H groups in total. The molecule has 0 aromatic rings. The van der Waals surface area contributed by atoms with E-state index >= 15 is 0 Å². The topological polar surface area (TPSA) is 35.5 Å². The van der Waals surface area contributed by atoms with Crippen molar-refractivity contribution in [3.63, 3.8) is 0 Å². The normalized spacial score (nSPS) is 10.8. The van der Waals surface area contributed by atoms with Gasteiger partial charge in [0.05, 0.1) is 13.2 Å². The number of hydrogen-bond donors (Lipinski definition) is 0. The van der Waals surface area contributed by atoms with Crippen molar-refractivity contribution in [1.29, 1.82) is 0 Å². The molecule has 0 radical (unpaired) electrons. The Morgan fingerprint density at radius 2 is 1.58 bits per heavy atom. The average molecular weight is 335 g/mol. The van der Waals surface area contributed by atoms with Crippen LogP contribution in [-0.4, -0.2) is 24.7 Å². The molecule has 0 spiro atoms. The van der Waals surface area contributed by atoms with E-state index in [1.807, 2.05) is 0 Å². The molecule has 0 saturated carbocycles. The maximum Gasteiger partial charge on any atom is 0.508 e. The van der Waals surface area contributed by atoms with Crippen LogP contribution in [0.4, 0.5) is 4.79 Å². The van der Waals surface area contributed by atoms with Crippen molar-refractivity contribution in [3.8, 4) is 0 Å². The number of allylic oxidation sites excluding steroid dienone is 2. The van der Waals surface area contributed by atoms with E-state index in [4.69, 9.17) is 9.47 Å². The van der Waals surface area contributed by atoms with Gasteiger partial charge in [0.1, 0.15) is 0 Å². The molecule has 0 amide bonds. The zero-order valence-electron chi connectivity index (χ0n) is 12.0. The summed E-state index contributed by atoms with van der Waals surface area (Å²) in [6, 6.07) is 0. The number of halogens is 1. The Labute approximate surface area is 125 Å². The Hall–Kier alpha value is -0.510. The summed E-state index contributed by atoms with van der Waals surface area (Å²) in [5.74, 6) is 0. The van der Waals surface area contributed by atoms with Crippen LogP contribution in [0.5, 0.6) is 0 Å². The van der Waals surface area contributed by atoms with Gasteiger partial charge in [-0.1, -0.05) is 35.0 Å². The summed E-state index contributed by atoms with van der Waals surface area (Å²) in [6.45, 7) is 3.07. The van der Waals surface area contributed by atoms with Crippen LogP contribution in [0.3, 0.4) is 0 Å². The first-order valence-electron chi connectivity index (χ1n) is 7.31. The summed E-state index contributed by atoms with van der Waals surface area (Å²) in [7, 11) is 0. The summed E-state index contributed by atoms with van der Waals surface area (Å²) in [5, 5.41) is 1.00. The van der Waals surface area contributed by atoms with Gasteiger partial charge < -0.3 is 9.47 Å². The van der Waals surface area contributed by atoms with Gasteiger partial charge in [0.15, 0.2) is 0 Å². The summed E-state index contributed by atoms with van der Waals surface area (Å²) in [5.41, 5.74) is 0. The van der Waals surface area contributed by atoms with Gasteiger partial charge in [0, 0.05) is 5.33 Å². The van der Waals surface area contributed by atoms with E-state index in [1.165, 1.54) is 0 Å². The lowest BCUT2D eigenvalue weighted by atomic mass is 10.2. The van der Waals surface area contributed by atoms with Gasteiger partial charge >= 0.3 is 6.16 Å². The Morgan fingerprint density at radius 3 is 2.16 bits per heavy atom. The first-order chi connectivity index (χ1) is 9.31. The Bertz CT molecular complexity index is 229. The van der Waals surface area contributed by atoms with E-state index < -0.39 is 6.16 Å². The fraction of sp³-hybridized carbons (Fsp3) is 0.800. The van der Waals surface area contributed by atoms with E-state index in [0.29, 0.717) is 13.2 Å². The summed E-state index contributed by atoms with van der Waals surface area (Å²) in [6.07, 6.45) is 12.3. The van der Waals surface area contributed by atoms with E-state index in [1.54, 1.807) is 0 Å². The lowest BCUT2D eigenvalue weighted by Crippen LogP contribution is -2.09. The SMILES string of the molecule is CC/C=C\CCCCCOC(=O)OCCCCCBr. The number of rotatable bonds is 12. The molecule has 0 bridgehead atoms. The summed E-state index contributed by atoms with van der Waals surface area (Å²) < 4.78 is 9.95. The van der Waals surface area contributed by atoms with Crippen LogP contribution in [0.2, 0.25) is 0 Å². The fourth-order valence-corrected chi connectivity index (χ4v) is 1.95. The summed E-state index contributed by atoms with van der Waals surface area (Å²) in [4.78, 5) is 11.2. The third-order valence-electron chi connectivity index (χ3n) is 2.64. The van der Waals surface area contributed by atoms with Crippen LogP contribution >= 0.6 is 15.9 Å². The van der Waals surface area contributed by atoms with Gasteiger partial charge in [-0.2, -0.15) is 0 Å². The molecule has 112 valence electrons. The third kappa shape index (κ3) is 15.4. The van der Waals surface area contributed by atoms with Crippen molar-refractivity contribution in [2.75, 3.05) is 18.5 Å². The van der Waals surface area contributed by atoms with Crippen LogP contribution in [0.1, 0.15) is 58.3 Å². The van der Waals surface area contributed by atoms with Crippen LogP contribution < -0.4 is 0 Å². The van der Waals surface area contributed by atoms with Crippen molar-refractivity contribution in [1.82, 2.24) is 0 Å². The maximum absolute atomic E-state index is 11.2. The first kappa shape index (κ1) is 18.5. The molecule has 0 unspecified atom stereocenters. The molecule has 4 heteroatoms. The largest absolute Gasteiger partial charge is 0.508 e. The minimum atomic E-state index is -0.523. The quantitative estimate of drug-likeness (QED) is 0.212. The third-order valence-corrected chi connectivity index (χ3v) is 3.20. The fourth-order valence-electron chi connectivity index (χ4n) is 1.55. The van der Waals surface area contributed by atoms with Gasteiger partial charge in [-0.3, -0.25) is 0 Å². The molecule has 0 atom stereocenters. The molecule has 0 saturated heterocycles. The van der Waals surface area contributed by atoms with Crippen molar-refractivity contribution < 1.29 is 14.3 Å². The van der Waals surface area contributed by atoms with Gasteiger partial charge in [-0.25, -0.2) is 4.79 Å². The smallest absolute Gasteiger partial charge is 0.434 e. The molecule has 0 aromatic heterocycles. The zero-order valence-corrected chi connectivity index (χ0v) is 13.6. The standard InChI is InChI=1S/C15H27BrO3/c1-2-3-4-5-6-7-10-13-18-15(17)19-14-11-8-9-12-16/h3-4H,2,5-14H2,1H3/b4-3-. The molecule has 0 fully saturated rings. The minimum Gasteiger partial charge on any atom is -0.434 e. The number of ether oxygens (including phenoxy) is 2. The molecule has 0 aliphatic heterocycles. The van der Waals surface area contributed by atoms with E-state index in [-0.39, 0.29) is 0 Å². The van der Waals surface area contributed by atoms with Crippen molar-refractivity contribution in [2.24, 2.45) is 0 Å². The molecule has 0 aromatic carbocycles. The lowest BCUT2D eigenvalue weighted by molar-refractivity contribution is 0.0530. The monoisotopic (exact) mass is 334 g/mol. The van der Waals surface area contributed by atoms with E-state index in [0.717, 1.165) is 56.7 Å². The highest BCUT2D eigenvalue weighted by molar-refractivity contribution is 9.09. The predicted molar refractivity (Wildman–Crippen MR) is 82.8 cm³/mol. The zero-order chi connectivity index (χ0) is 14.2. The minimum absolute atomic E-state index is 0.466. The van der Waals surface area contributed by atoms with Crippen LogP contribution in [0.15, 0.2) is 12.2 Å². The van der Waals surface area contributed by atoms with Crippen LogP contribution in [-0.2, 0) is 9.47 Å². The molecule has 0 aliphatic carbocycles. The average Bonchev–Trinajstić information content (AvgIpc) is 2.41. The Balaban J connectivity index is 3.18. The molecule has 19 heavy (non-hydrogen) atoms. The maximum atomic E-state index is 11.2. The predicted octanol–water partition coefficient (Wildman–Crippen LogP) is 5.23. The van der Waals surface area contributed by atoms with Gasteiger partial charge in [0.25, 0.3) is 0 Å². The number of carbonyl (C=O) groups excluding carboxylic acids is 1. The molecular weight excluding hydrogens is 308 g/mol. The second kappa shape index (κ2) is 15.5. The Kier molecular flexibility index (Phi) is 15.1. The first-order valence-corrected chi connectivity index (χ1v) is 8.44.